The third kappa shape index (κ3) is 4.15. The Morgan fingerprint density at radius 1 is 1.42 bits per heavy atom. The molecule has 2 amide bonds. The van der Waals surface area contributed by atoms with Gasteiger partial charge in [0.15, 0.2) is 0 Å². The fourth-order valence-corrected chi connectivity index (χ4v) is 3.06. The number of rotatable bonds is 6. The Hall–Kier alpha value is -2.32. The van der Waals surface area contributed by atoms with Crippen LogP contribution in [-0.4, -0.2) is 70.5 Å². The molecule has 9 nitrogen and oxygen atoms in total. The highest BCUT2D eigenvalue weighted by Crippen LogP contribution is 2.33. The Morgan fingerprint density at radius 3 is 2.58 bits per heavy atom. The average Bonchev–Trinajstić information content (AvgIpc) is 2.79. The normalized spacial score (nSPS) is 20.8. The van der Waals surface area contributed by atoms with Gasteiger partial charge >= 0.3 is 12.1 Å². The maximum Gasteiger partial charge on any atom is 0.411 e. The summed E-state index contributed by atoms with van der Waals surface area (Å²) >= 11 is 0. The van der Waals surface area contributed by atoms with Gasteiger partial charge in [-0.05, 0) is 6.42 Å². The smallest absolute Gasteiger partial charge is 0.411 e. The number of aliphatic carboxylic acids is 1. The molecule has 1 unspecified atom stereocenters. The minimum atomic E-state index is -1.07. The minimum absolute atomic E-state index is 0.00432. The predicted molar refractivity (Wildman–Crippen MR) is 84.5 cm³/mol. The van der Waals surface area contributed by atoms with Crippen molar-refractivity contribution in [1.29, 1.82) is 5.41 Å². The number of carbonyl (C=O) groups excluding carboxylic acids is 2. The monoisotopic (exact) mass is 340 g/mol. The van der Waals surface area contributed by atoms with E-state index < -0.39 is 17.7 Å². The molecule has 134 valence electrons. The van der Waals surface area contributed by atoms with Crippen LogP contribution >= 0.6 is 0 Å². The molecule has 0 radical (unpaired) electrons. The molecular weight excluding hydrogens is 316 g/mol. The minimum Gasteiger partial charge on any atom is -0.480 e. The third-order valence-electron chi connectivity index (χ3n) is 4.72. The third-order valence-corrected chi connectivity index (χ3v) is 4.72. The molecule has 1 atom stereocenters. The lowest BCUT2D eigenvalue weighted by Gasteiger charge is -2.37. The van der Waals surface area contributed by atoms with Crippen molar-refractivity contribution in [1.82, 2.24) is 9.80 Å². The van der Waals surface area contributed by atoms with Gasteiger partial charge in [0.05, 0.1) is 12.4 Å². The summed E-state index contributed by atoms with van der Waals surface area (Å²) < 4.78 is 5.40. The fourth-order valence-electron chi connectivity index (χ4n) is 3.06. The van der Waals surface area contributed by atoms with Crippen molar-refractivity contribution in [3.8, 4) is 0 Å². The first-order valence-corrected chi connectivity index (χ1v) is 8.04. The van der Waals surface area contributed by atoms with E-state index in [1.54, 1.807) is 4.90 Å². The molecule has 0 saturated carbocycles. The van der Waals surface area contributed by atoms with E-state index in [2.05, 4.69) is 0 Å². The number of carbonyl (C=O) groups is 3. The Kier molecular flexibility index (Phi) is 5.30. The van der Waals surface area contributed by atoms with Crippen molar-refractivity contribution in [3.63, 3.8) is 0 Å². The zero-order valence-electron chi connectivity index (χ0n) is 13.8. The largest absolute Gasteiger partial charge is 0.480 e. The molecule has 0 aliphatic carbocycles. The number of carboxylic acid groups (broad SMARTS) is 1. The van der Waals surface area contributed by atoms with E-state index in [0.717, 1.165) is 0 Å². The average molecular weight is 340 g/mol. The van der Waals surface area contributed by atoms with Crippen LogP contribution < -0.4 is 5.73 Å². The Balaban J connectivity index is 1.83. The number of nitrogens with two attached hydrogens (primary N) is 1. The highest BCUT2D eigenvalue weighted by molar-refractivity contribution is 5.81. The van der Waals surface area contributed by atoms with Crippen LogP contribution in [0.1, 0.15) is 32.6 Å². The van der Waals surface area contributed by atoms with Gasteiger partial charge in [0.25, 0.3) is 0 Å². The molecule has 2 saturated heterocycles. The van der Waals surface area contributed by atoms with Crippen LogP contribution in [-0.2, 0) is 14.3 Å². The van der Waals surface area contributed by atoms with Gasteiger partial charge < -0.3 is 20.5 Å². The van der Waals surface area contributed by atoms with E-state index in [9.17, 15) is 14.4 Å². The first kappa shape index (κ1) is 18.0. The summed E-state index contributed by atoms with van der Waals surface area (Å²) in [5, 5.41) is 16.2. The summed E-state index contributed by atoms with van der Waals surface area (Å²) in [6.45, 7) is 2.65. The zero-order chi connectivity index (χ0) is 17.9. The molecule has 0 aromatic heterocycles. The quantitative estimate of drug-likeness (QED) is 0.468. The topological polar surface area (TPSA) is 137 Å². The van der Waals surface area contributed by atoms with E-state index in [4.69, 9.17) is 21.0 Å². The highest BCUT2D eigenvalue weighted by atomic mass is 16.6. The lowest BCUT2D eigenvalue weighted by atomic mass is 9.91. The zero-order valence-corrected chi connectivity index (χ0v) is 13.8. The van der Waals surface area contributed by atoms with Crippen LogP contribution in [0.3, 0.4) is 0 Å². The van der Waals surface area contributed by atoms with Crippen LogP contribution in [0.4, 0.5) is 4.79 Å². The lowest BCUT2D eigenvalue weighted by molar-refractivity contribution is -0.137. The van der Waals surface area contributed by atoms with Gasteiger partial charge in [-0.15, -0.1) is 0 Å². The Bertz CT molecular complexity index is 542. The van der Waals surface area contributed by atoms with Crippen LogP contribution in [0, 0.1) is 11.3 Å². The number of ether oxygens (including phenoxy) is 1. The van der Waals surface area contributed by atoms with Gasteiger partial charge in [0.2, 0.25) is 5.91 Å². The van der Waals surface area contributed by atoms with Crippen molar-refractivity contribution < 1.29 is 24.2 Å². The standard InChI is InChI=1S/C15H24N4O5/c1-10(13(16)17)2-3-11(20)18-6-4-15(5-7-18)9-19(8-12(21)22)14(23)24-15/h10H,2-9H2,1H3,(H3,16,17)(H,21,22). The van der Waals surface area contributed by atoms with Crippen molar-refractivity contribution in [2.45, 2.75) is 38.2 Å². The van der Waals surface area contributed by atoms with Crippen LogP contribution in [0.5, 0.6) is 0 Å². The van der Waals surface area contributed by atoms with Gasteiger partial charge in [-0.3, -0.25) is 19.9 Å². The number of nitrogens with zero attached hydrogens (tertiary/aromatic N) is 2. The van der Waals surface area contributed by atoms with Crippen LogP contribution in [0.15, 0.2) is 0 Å². The van der Waals surface area contributed by atoms with Crippen molar-refractivity contribution >= 4 is 23.8 Å². The fraction of sp³-hybridized carbons (Fsp3) is 0.733. The molecule has 2 aliphatic rings. The summed E-state index contributed by atoms with van der Waals surface area (Å²) in [6, 6.07) is 0. The summed E-state index contributed by atoms with van der Waals surface area (Å²) in [4.78, 5) is 37.7. The van der Waals surface area contributed by atoms with Crippen molar-refractivity contribution in [2.75, 3.05) is 26.2 Å². The van der Waals surface area contributed by atoms with E-state index in [1.165, 1.54) is 4.90 Å². The van der Waals surface area contributed by atoms with Gasteiger partial charge in [-0.1, -0.05) is 6.92 Å². The number of likely N-dealkylation sites (tertiary alicyclic amines) is 1. The van der Waals surface area contributed by atoms with E-state index in [0.29, 0.717) is 38.8 Å². The molecular formula is C15H24N4O5. The summed E-state index contributed by atoms with van der Waals surface area (Å²) in [5.74, 6) is -1.11. The van der Waals surface area contributed by atoms with Gasteiger partial charge in [-0.2, -0.15) is 0 Å². The van der Waals surface area contributed by atoms with Crippen LogP contribution in [0.25, 0.3) is 0 Å². The molecule has 2 rings (SSSR count). The molecule has 2 heterocycles. The highest BCUT2D eigenvalue weighted by Gasteiger charge is 2.47. The number of hydrogen-bond acceptors (Lipinski definition) is 5. The summed E-state index contributed by atoms with van der Waals surface area (Å²) in [5.41, 5.74) is 4.72. The Morgan fingerprint density at radius 2 is 2.04 bits per heavy atom. The number of amidine groups is 1. The second-order valence-electron chi connectivity index (χ2n) is 6.58. The molecule has 0 aromatic rings. The predicted octanol–water partition coefficient (Wildman–Crippen LogP) is 0.237. The summed E-state index contributed by atoms with van der Waals surface area (Å²) in [7, 11) is 0. The van der Waals surface area contributed by atoms with Gasteiger partial charge in [0.1, 0.15) is 12.1 Å². The maximum atomic E-state index is 12.2. The van der Waals surface area contributed by atoms with Crippen molar-refractivity contribution in [3.05, 3.63) is 0 Å². The van der Waals surface area contributed by atoms with Crippen LogP contribution in [0.2, 0.25) is 0 Å². The van der Waals surface area contributed by atoms with Crippen molar-refractivity contribution in [2.24, 2.45) is 11.7 Å². The second-order valence-corrected chi connectivity index (χ2v) is 6.58. The van der Waals surface area contributed by atoms with E-state index >= 15 is 0 Å². The number of nitrogens with one attached hydrogen (secondary N) is 1. The van der Waals surface area contributed by atoms with E-state index in [1.807, 2.05) is 6.92 Å². The number of hydrogen-bond donors (Lipinski definition) is 3. The second kappa shape index (κ2) is 7.06. The number of carboxylic acids is 1. The van der Waals surface area contributed by atoms with Gasteiger partial charge in [-0.25, -0.2) is 4.79 Å². The molecule has 1 spiro atoms. The SMILES string of the molecule is CC(CCC(=O)N1CCC2(CC1)CN(CC(=O)O)C(=O)O2)C(=N)N. The molecule has 2 aliphatic heterocycles. The molecule has 24 heavy (non-hydrogen) atoms. The molecule has 2 fully saturated rings. The van der Waals surface area contributed by atoms with E-state index in [-0.39, 0.29) is 30.8 Å². The molecule has 0 bridgehead atoms. The lowest BCUT2D eigenvalue weighted by Crippen LogP contribution is -2.49. The Labute approximate surface area is 140 Å². The molecule has 9 heteroatoms. The van der Waals surface area contributed by atoms with Gasteiger partial charge in [0, 0.05) is 38.3 Å². The number of piperidine rings is 1. The number of amides is 2. The molecule has 4 N–H and O–H groups in total. The summed E-state index contributed by atoms with van der Waals surface area (Å²) in [6.07, 6.45) is 1.27. The molecule has 0 aromatic carbocycles. The first-order chi connectivity index (χ1) is 11.2. The first-order valence-electron chi connectivity index (χ1n) is 8.04. The maximum absolute atomic E-state index is 12.2.